The number of amides is 2. The highest BCUT2D eigenvalue weighted by molar-refractivity contribution is 9.09. The summed E-state index contributed by atoms with van der Waals surface area (Å²) < 4.78 is 0. The highest BCUT2D eigenvalue weighted by Gasteiger charge is 2.61. The Labute approximate surface area is 155 Å². The summed E-state index contributed by atoms with van der Waals surface area (Å²) in [5, 5.41) is 0.798. The molecule has 4 heteroatoms. The van der Waals surface area contributed by atoms with E-state index in [1.54, 1.807) is 0 Å². The van der Waals surface area contributed by atoms with Gasteiger partial charge < -0.3 is 0 Å². The summed E-state index contributed by atoms with van der Waals surface area (Å²) in [6.07, 6.45) is 0.798. The third-order valence-corrected chi connectivity index (χ3v) is 6.62. The van der Waals surface area contributed by atoms with E-state index < -0.39 is 0 Å². The molecule has 4 aliphatic rings. The molecule has 2 unspecified atom stereocenters. The van der Waals surface area contributed by atoms with E-state index in [0.717, 1.165) is 11.8 Å². The first-order valence-electron chi connectivity index (χ1n) is 8.83. The molecule has 1 saturated heterocycles. The monoisotopic (exact) mass is 395 g/mol. The predicted molar refractivity (Wildman–Crippen MR) is 98.7 cm³/mol. The number of nitrogens with zero attached hydrogens (tertiary/aromatic N) is 1. The molecule has 0 N–H and O–H groups in total. The lowest BCUT2D eigenvalue weighted by Gasteiger charge is -2.45. The fourth-order valence-corrected chi connectivity index (χ4v) is 5.43. The minimum absolute atomic E-state index is 0.00724. The Bertz CT molecular complexity index is 777. The number of hydrogen-bond donors (Lipinski definition) is 0. The summed E-state index contributed by atoms with van der Waals surface area (Å²) in [7, 11) is 0. The number of carbonyl (C=O) groups excluding carboxylic acids is 2. The van der Waals surface area contributed by atoms with Crippen LogP contribution in [0, 0.1) is 11.8 Å². The largest absolute Gasteiger partial charge is 0.282 e. The van der Waals surface area contributed by atoms with Gasteiger partial charge in [0, 0.05) is 23.7 Å². The fourth-order valence-electron chi connectivity index (χ4n) is 5.18. The number of likely N-dealkylation sites (tertiary alicyclic amines) is 1. The molecule has 2 atom stereocenters. The number of alkyl halides is 1. The van der Waals surface area contributed by atoms with Gasteiger partial charge in [-0.05, 0) is 28.7 Å². The zero-order chi connectivity index (χ0) is 17.1. The quantitative estimate of drug-likeness (QED) is 0.587. The molecule has 3 nitrogen and oxygen atoms in total. The molecular weight excluding hydrogens is 378 g/mol. The van der Waals surface area contributed by atoms with Crippen LogP contribution in [0.4, 0.5) is 0 Å². The highest BCUT2D eigenvalue weighted by atomic mass is 79.9. The maximum atomic E-state index is 13.2. The maximum Gasteiger partial charge on any atom is 0.234 e. The first kappa shape index (κ1) is 15.3. The van der Waals surface area contributed by atoms with Crippen LogP contribution in [0.25, 0.3) is 0 Å². The summed E-state index contributed by atoms with van der Waals surface area (Å²) in [6, 6.07) is 16.7. The van der Waals surface area contributed by atoms with Gasteiger partial charge in [-0.2, -0.15) is 0 Å². The van der Waals surface area contributed by atoms with Crippen LogP contribution in [0.15, 0.2) is 48.5 Å². The van der Waals surface area contributed by atoms with E-state index in [2.05, 4.69) is 40.2 Å². The molecule has 0 spiro atoms. The Hall–Kier alpha value is -1.94. The van der Waals surface area contributed by atoms with Gasteiger partial charge in [0.15, 0.2) is 0 Å². The minimum atomic E-state index is -0.238. The summed E-state index contributed by atoms with van der Waals surface area (Å²) in [5.74, 6) is -0.416. The number of hydrogen-bond acceptors (Lipinski definition) is 2. The number of benzene rings is 2. The first-order valence-corrected chi connectivity index (χ1v) is 9.95. The zero-order valence-electron chi connectivity index (χ0n) is 13.7. The Morgan fingerprint density at radius 3 is 1.52 bits per heavy atom. The van der Waals surface area contributed by atoms with Crippen molar-refractivity contribution in [1.82, 2.24) is 4.90 Å². The summed E-state index contributed by atoms with van der Waals surface area (Å²) >= 11 is 3.41. The van der Waals surface area contributed by atoms with E-state index in [-0.39, 0.29) is 35.5 Å². The molecule has 6 rings (SSSR count). The minimum Gasteiger partial charge on any atom is -0.282 e. The maximum absolute atomic E-state index is 13.2. The van der Waals surface area contributed by atoms with Gasteiger partial charge in [-0.3, -0.25) is 14.5 Å². The van der Waals surface area contributed by atoms with Crippen molar-refractivity contribution in [2.45, 2.75) is 18.3 Å². The molecule has 1 aliphatic heterocycles. The second-order valence-corrected chi connectivity index (χ2v) is 7.93. The van der Waals surface area contributed by atoms with E-state index in [0.29, 0.717) is 6.54 Å². The Morgan fingerprint density at radius 1 is 0.760 bits per heavy atom. The molecule has 2 aromatic rings. The first-order chi connectivity index (χ1) is 12.2. The molecule has 0 saturated carbocycles. The molecule has 0 aromatic heterocycles. The van der Waals surface area contributed by atoms with Crippen LogP contribution in [-0.4, -0.2) is 28.6 Å². The van der Waals surface area contributed by atoms with Crippen LogP contribution in [-0.2, 0) is 9.59 Å². The lowest BCUT2D eigenvalue weighted by atomic mass is 9.55. The van der Waals surface area contributed by atoms with Gasteiger partial charge in [-0.15, -0.1) is 0 Å². The molecule has 1 fully saturated rings. The number of imide groups is 1. The van der Waals surface area contributed by atoms with Crippen LogP contribution < -0.4 is 0 Å². The Morgan fingerprint density at radius 2 is 1.16 bits per heavy atom. The summed E-state index contributed by atoms with van der Waals surface area (Å²) in [4.78, 5) is 27.8. The molecular formula is C21H18BrNO2. The van der Waals surface area contributed by atoms with Crippen molar-refractivity contribution >= 4 is 27.7 Å². The van der Waals surface area contributed by atoms with Crippen LogP contribution >= 0.6 is 15.9 Å². The van der Waals surface area contributed by atoms with Crippen LogP contribution in [0.1, 0.15) is 40.5 Å². The van der Waals surface area contributed by atoms with Crippen LogP contribution in [0.3, 0.4) is 0 Å². The molecule has 1 heterocycles. The van der Waals surface area contributed by atoms with Crippen molar-refractivity contribution in [1.29, 1.82) is 0 Å². The van der Waals surface area contributed by atoms with E-state index in [9.17, 15) is 9.59 Å². The Kier molecular flexibility index (Phi) is 3.39. The van der Waals surface area contributed by atoms with Crippen LogP contribution in [0.5, 0.6) is 0 Å². The topological polar surface area (TPSA) is 37.4 Å². The predicted octanol–water partition coefficient (Wildman–Crippen LogP) is 3.66. The van der Waals surface area contributed by atoms with Gasteiger partial charge in [0.2, 0.25) is 11.8 Å². The molecule has 0 radical (unpaired) electrons. The molecule has 2 aromatic carbocycles. The van der Waals surface area contributed by atoms with E-state index >= 15 is 0 Å². The van der Waals surface area contributed by atoms with Crippen molar-refractivity contribution in [3.63, 3.8) is 0 Å². The smallest absolute Gasteiger partial charge is 0.234 e. The summed E-state index contributed by atoms with van der Waals surface area (Å²) in [6.45, 7) is 0.516. The third kappa shape index (κ3) is 1.92. The number of halogens is 1. The van der Waals surface area contributed by atoms with Crippen molar-refractivity contribution in [3.05, 3.63) is 70.8 Å². The van der Waals surface area contributed by atoms with Gasteiger partial charge in [0.05, 0.1) is 11.8 Å². The molecule has 2 bridgehead atoms. The van der Waals surface area contributed by atoms with Gasteiger partial charge in [0.25, 0.3) is 0 Å². The lowest BCUT2D eigenvalue weighted by molar-refractivity contribution is -0.139. The van der Waals surface area contributed by atoms with E-state index in [1.807, 2.05) is 24.3 Å². The standard InChI is InChI=1S/C21H18BrNO2/c22-10-5-11-23-20(24)18-16-12-6-1-2-7-13(12)17(19(18)21(23)25)15-9-4-3-8-14(15)16/h1-4,6-9,16-19H,5,10-11H2. The van der Waals surface area contributed by atoms with E-state index in [1.165, 1.54) is 27.2 Å². The molecule has 126 valence electrons. The van der Waals surface area contributed by atoms with Crippen molar-refractivity contribution in [2.24, 2.45) is 11.8 Å². The average molecular weight is 396 g/mol. The zero-order valence-corrected chi connectivity index (χ0v) is 15.3. The van der Waals surface area contributed by atoms with Gasteiger partial charge >= 0.3 is 0 Å². The highest BCUT2D eigenvalue weighted by Crippen LogP contribution is 2.60. The van der Waals surface area contributed by atoms with Crippen molar-refractivity contribution < 1.29 is 9.59 Å². The second kappa shape index (κ2) is 5.53. The van der Waals surface area contributed by atoms with Crippen LogP contribution in [0.2, 0.25) is 0 Å². The second-order valence-electron chi connectivity index (χ2n) is 7.14. The lowest BCUT2D eigenvalue weighted by Crippen LogP contribution is -2.41. The molecule has 25 heavy (non-hydrogen) atoms. The third-order valence-electron chi connectivity index (χ3n) is 6.06. The Balaban J connectivity index is 1.70. The summed E-state index contributed by atoms with van der Waals surface area (Å²) in [5.41, 5.74) is 4.93. The normalized spacial score (nSPS) is 28.8. The SMILES string of the molecule is O=C1C2C3c4ccccc4C(c4ccccc43)C2C(=O)N1CCCBr. The van der Waals surface area contributed by atoms with Gasteiger partial charge in [-0.25, -0.2) is 0 Å². The molecule has 2 amide bonds. The average Bonchev–Trinajstić information content (AvgIpc) is 2.91. The van der Waals surface area contributed by atoms with E-state index in [4.69, 9.17) is 0 Å². The van der Waals surface area contributed by atoms with Crippen molar-refractivity contribution in [2.75, 3.05) is 11.9 Å². The van der Waals surface area contributed by atoms with Crippen molar-refractivity contribution in [3.8, 4) is 0 Å². The fraction of sp³-hybridized carbons (Fsp3) is 0.333. The number of rotatable bonds is 3. The molecule has 3 aliphatic carbocycles. The van der Waals surface area contributed by atoms with Gasteiger partial charge in [-0.1, -0.05) is 64.5 Å². The van der Waals surface area contributed by atoms with Gasteiger partial charge in [0.1, 0.15) is 0 Å². The number of carbonyl (C=O) groups is 2.